The Hall–Kier alpha value is -3.07. The van der Waals surface area contributed by atoms with Gasteiger partial charge < -0.3 is 20.3 Å². The molecule has 3 atom stereocenters. The van der Waals surface area contributed by atoms with Crippen LogP contribution in [0.1, 0.15) is 35.5 Å². The average molecular weight is 487 g/mol. The van der Waals surface area contributed by atoms with Gasteiger partial charge in [0.05, 0.1) is 41.3 Å². The van der Waals surface area contributed by atoms with Crippen LogP contribution >= 0.6 is 11.3 Å². The molecule has 3 aliphatic heterocycles. The smallest absolute Gasteiger partial charge is 0.158 e. The van der Waals surface area contributed by atoms with E-state index in [1.54, 1.807) is 0 Å². The predicted octanol–water partition coefficient (Wildman–Crippen LogP) is 4.93. The van der Waals surface area contributed by atoms with Crippen molar-refractivity contribution in [3.63, 3.8) is 0 Å². The summed E-state index contributed by atoms with van der Waals surface area (Å²) in [5, 5.41) is 16.8. The number of ether oxygens (including phenoxy) is 1. The number of hydrogen-bond acceptors (Lipinski definition) is 8. The second-order valence-electron chi connectivity index (χ2n) is 9.50. The van der Waals surface area contributed by atoms with Gasteiger partial charge in [-0.15, -0.1) is 16.4 Å². The van der Waals surface area contributed by atoms with E-state index in [9.17, 15) is 0 Å². The topological polar surface area (TPSA) is 75.2 Å². The first-order chi connectivity index (χ1) is 17.1. The van der Waals surface area contributed by atoms with Crippen molar-refractivity contribution in [2.75, 3.05) is 30.4 Å². The van der Waals surface area contributed by atoms with E-state index in [0.717, 1.165) is 47.7 Å². The van der Waals surface area contributed by atoms with E-state index in [-0.39, 0.29) is 6.04 Å². The number of fused-ring (bicyclic) bond motifs is 3. The van der Waals surface area contributed by atoms with Crippen LogP contribution in [0.4, 0.5) is 11.5 Å². The van der Waals surface area contributed by atoms with Crippen molar-refractivity contribution < 1.29 is 4.74 Å². The molecule has 3 fully saturated rings. The first-order valence-electron chi connectivity index (χ1n) is 12.2. The third kappa shape index (κ3) is 4.26. The molecule has 8 heteroatoms. The third-order valence-electron chi connectivity index (χ3n) is 6.95. The molecule has 180 valence electrons. The zero-order valence-corrected chi connectivity index (χ0v) is 21.1. The molecule has 2 unspecified atom stereocenters. The Bertz CT molecular complexity index is 1360. The van der Waals surface area contributed by atoms with Crippen LogP contribution in [0.15, 0.2) is 48.7 Å². The molecule has 2 bridgehead atoms. The Labute approximate surface area is 209 Å². The number of benzene rings is 1. The van der Waals surface area contributed by atoms with Crippen molar-refractivity contribution >= 4 is 33.7 Å². The lowest BCUT2D eigenvalue weighted by Gasteiger charge is -2.47. The number of rotatable bonds is 7. The first-order valence-corrected chi connectivity index (χ1v) is 13.0. The standard InChI is InChI=1S/C27H30N6OS/c1-16(24-8-9-25(35-24)22-7-5-4-6-18(22)12-28-3)30-27-23-10-19(13-29-26(23)17(2)31-32-27)33-14-20-11-21(15-33)34-20/h4-10,13,16,20-21,28H,11-12,14-15H2,1-3H3,(H,30,32)/t16-,20?,21?/m1/s1. The van der Waals surface area contributed by atoms with Crippen molar-refractivity contribution in [2.45, 2.75) is 45.1 Å². The minimum atomic E-state index is 0.0881. The largest absolute Gasteiger partial charge is 0.371 e. The molecule has 7 rings (SSSR count). The SMILES string of the molecule is CNCc1ccccc1-c1ccc([C@@H](C)Nc2nnc(C)c3ncc(N4CC5CC(C4)O5)cc23)s1. The average Bonchev–Trinajstić information content (AvgIpc) is 3.36. The number of nitrogens with one attached hydrogen (secondary N) is 2. The fourth-order valence-electron chi connectivity index (χ4n) is 5.11. The summed E-state index contributed by atoms with van der Waals surface area (Å²) < 4.78 is 5.81. The van der Waals surface area contributed by atoms with Gasteiger partial charge in [0.2, 0.25) is 0 Å². The van der Waals surface area contributed by atoms with Crippen LogP contribution in [-0.4, -0.2) is 47.5 Å². The number of hydrogen-bond donors (Lipinski definition) is 2. The molecule has 0 saturated carbocycles. The molecule has 0 radical (unpaired) electrons. The second-order valence-corrected chi connectivity index (χ2v) is 10.6. The van der Waals surface area contributed by atoms with E-state index >= 15 is 0 Å². The summed E-state index contributed by atoms with van der Waals surface area (Å²) in [6, 6.07) is 15.3. The number of anilines is 2. The van der Waals surface area contributed by atoms with Gasteiger partial charge in [0.15, 0.2) is 5.82 Å². The summed E-state index contributed by atoms with van der Waals surface area (Å²) in [5.41, 5.74) is 5.44. The van der Waals surface area contributed by atoms with Crippen LogP contribution in [-0.2, 0) is 11.3 Å². The lowest BCUT2D eigenvalue weighted by Crippen LogP contribution is -2.57. The maximum atomic E-state index is 5.81. The molecule has 3 saturated heterocycles. The zero-order valence-electron chi connectivity index (χ0n) is 20.3. The van der Waals surface area contributed by atoms with Crippen LogP contribution in [0.5, 0.6) is 0 Å². The Balaban J connectivity index is 1.28. The molecule has 6 heterocycles. The van der Waals surface area contributed by atoms with Gasteiger partial charge in [-0.05, 0) is 50.2 Å². The van der Waals surface area contributed by atoms with Crippen molar-refractivity contribution in [2.24, 2.45) is 0 Å². The van der Waals surface area contributed by atoms with Crippen molar-refractivity contribution in [1.29, 1.82) is 0 Å². The number of thiophene rings is 1. The van der Waals surface area contributed by atoms with E-state index < -0.39 is 0 Å². The van der Waals surface area contributed by atoms with Crippen molar-refractivity contribution in [3.8, 4) is 10.4 Å². The van der Waals surface area contributed by atoms with Crippen LogP contribution in [0.25, 0.3) is 21.3 Å². The van der Waals surface area contributed by atoms with Crippen LogP contribution in [0.2, 0.25) is 0 Å². The molecule has 2 N–H and O–H groups in total. The van der Waals surface area contributed by atoms with Gasteiger partial charge in [-0.2, -0.15) is 5.10 Å². The number of pyridine rings is 1. The molecule has 1 aromatic carbocycles. The Morgan fingerprint density at radius 3 is 2.74 bits per heavy atom. The number of aryl methyl sites for hydroxylation is 1. The van der Waals surface area contributed by atoms with E-state index in [2.05, 4.69) is 75.1 Å². The minimum absolute atomic E-state index is 0.0881. The lowest BCUT2D eigenvalue weighted by molar-refractivity contribution is -0.133. The lowest BCUT2D eigenvalue weighted by atomic mass is 9.98. The fourth-order valence-corrected chi connectivity index (χ4v) is 6.18. The summed E-state index contributed by atoms with van der Waals surface area (Å²) in [5.74, 6) is 0.774. The second kappa shape index (κ2) is 9.18. The normalized spacial score (nSPS) is 20.0. The highest BCUT2D eigenvalue weighted by molar-refractivity contribution is 7.15. The zero-order chi connectivity index (χ0) is 23.9. The predicted molar refractivity (Wildman–Crippen MR) is 142 cm³/mol. The monoisotopic (exact) mass is 486 g/mol. The van der Waals surface area contributed by atoms with E-state index in [1.165, 1.54) is 27.3 Å². The van der Waals surface area contributed by atoms with Gasteiger partial charge in [-0.25, -0.2) is 0 Å². The molecular formula is C27H30N6OS. The van der Waals surface area contributed by atoms with Gasteiger partial charge >= 0.3 is 0 Å². The van der Waals surface area contributed by atoms with Crippen molar-refractivity contribution in [3.05, 3.63) is 64.8 Å². The maximum absolute atomic E-state index is 5.81. The summed E-state index contributed by atoms with van der Waals surface area (Å²) in [4.78, 5) is 9.69. The Morgan fingerprint density at radius 2 is 1.94 bits per heavy atom. The molecule has 35 heavy (non-hydrogen) atoms. The van der Waals surface area contributed by atoms with Gasteiger partial charge in [0.25, 0.3) is 0 Å². The number of piperidine rings is 1. The number of aromatic nitrogens is 3. The molecule has 0 aliphatic carbocycles. The maximum Gasteiger partial charge on any atom is 0.158 e. The molecule has 7 nitrogen and oxygen atoms in total. The third-order valence-corrected chi connectivity index (χ3v) is 8.25. The Kier molecular flexibility index (Phi) is 5.88. The summed E-state index contributed by atoms with van der Waals surface area (Å²) >= 11 is 1.82. The van der Waals surface area contributed by atoms with E-state index in [1.807, 2.05) is 31.5 Å². The fraction of sp³-hybridized carbons (Fsp3) is 0.370. The van der Waals surface area contributed by atoms with Crippen LogP contribution in [0, 0.1) is 6.92 Å². The van der Waals surface area contributed by atoms with E-state index in [4.69, 9.17) is 9.72 Å². The molecule has 3 aromatic heterocycles. The summed E-state index contributed by atoms with van der Waals surface area (Å²) in [7, 11) is 1.98. The summed E-state index contributed by atoms with van der Waals surface area (Å²) in [6.07, 6.45) is 3.84. The minimum Gasteiger partial charge on any atom is -0.371 e. The highest BCUT2D eigenvalue weighted by Crippen LogP contribution is 2.36. The molecule has 0 amide bonds. The highest BCUT2D eigenvalue weighted by Gasteiger charge is 2.38. The van der Waals surface area contributed by atoms with E-state index in [0.29, 0.717) is 12.2 Å². The van der Waals surface area contributed by atoms with Gasteiger partial charge in [-0.1, -0.05) is 24.3 Å². The number of nitrogens with zero attached hydrogens (tertiary/aromatic N) is 4. The number of morpholine rings is 1. The quantitative estimate of drug-likeness (QED) is 0.384. The van der Waals surface area contributed by atoms with Crippen LogP contribution in [0.3, 0.4) is 0 Å². The molecule has 0 spiro atoms. The Morgan fingerprint density at radius 1 is 1.14 bits per heavy atom. The molecule has 3 aliphatic rings. The van der Waals surface area contributed by atoms with Crippen LogP contribution < -0.4 is 15.5 Å². The van der Waals surface area contributed by atoms with Gasteiger partial charge in [0.1, 0.15) is 0 Å². The molecular weight excluding hydrogens is 456 g/mol. The molecule has 4 aromatic rings. The first kappa shape index (κ1) is 22.4. The highest BCUT2D eigenvalue weighted by atomic mass is 32.1. The van der Waals surface area contributed by atoms with Crippen molar-refractivity contribution in [1.82, 2.24) is 20.5 Å². The summed E-state index contributed by atoms with van der Waals surface area (Å²) in [6.45, 7) is 6.84. The van der Waals surface area contributed by atoms with Gasteiger partial charge in [0, 0.05) is 41.2 Å². The van der Waals surface area contributed by atoms with Gasteiger partial charge in [-0.3, -0.25) is 4.98 Å².